The minimum absolute atomic E-state index is 0.0142. The molecule has 1 amide bonds. The van der Waals surface area contributed by atoms with Crippen LogP contribution in [0.3, 0.4) is 0 Å². The maximum Gasteiger partial charge on any atom is 0.225 e. The first-order valence-corrected chi connectivity index (χ1v) is 9.23. The summed E-state index contributed by atoms with van der Waals surface area (Å²) in [5.74, 6) is 0.0887. The van der Waals surface area contributed by atoms with Gasteiger partial charge >= 0.3 is 0 Å². The van der Waals surface area contributed by atoms with Crippen molar-refractivity contribution in [3.8, 4) is 0 Å². The van der Waals surface area contributed by atoms with E-state index in [9.17, 15) is 4.79 Å². The molecule has 0 saturated carbocycles. The minimum atomic E-state index is -0.373. The lowest BCUT2D eigenvalue weighted by Gasteiger charge is -2.32. The van der Waals surface area contributed by atoms with Crippen molar-refractivity contribution in [2.24, 2.45) is 5.41 Å². The van der Waals surface area contributed by atoms with Crippen LogP contribution < -0.4 is 5.32 Å². The van der Waals surface area contributed by atoms with Crippen LogP contribution in [0.25, 0.3) is 0 Å². The minimum Gasteiger partial charge on any atom is -0.359 e. The van der Waals surface area contributed by atoms with Gasteiger partial charge in [0.25, 0.3) is 0 Å². The molecule has 0 aliphatic carbocycles. The first kappa shape index (κ1) is 18.4. The van der Waals surface area contributed by atoms with E-state index in [1.807, 2.05) is 20.0 Å². The number of amides is 1. The molecule has 0 bridgehead atoms. The third-order valence-electron chi connectivity index (χ3n) is 3.22. The second-order valence-electron chi connectivity index (χ2n) is 6.70. The Labute approximate surface area is 136 Å². The van der Waals surface area contributed by atoms with Crippen LogP contribution in [-0.4, -0.2) is 22.7 Å². The number of aromatic nitrogens is 1. The molecule has 0 saturated heterocycles. The van der Waals surface area contributed by atoms with Crippen LogP contribution in [0.5, 0.6) is 0 Å². The molecule has 1 N–H and O–H groups in total. The molecule has 0 aromatic carbocycles. The monoisotopic (exact) mass is 326 g/mol. The summed E-state index contributed by atoms with van der Waals surface area (Å²) in [6.45, 7) is 12.5. The average molecular weight is 327 g/mol. The van der Waals surface area contributed by atoms with Gasteiger partial charge in [0.1, 0.15) is 5.03 Å². The van der Waals surface area contributed by atoms with Crippen molar-refractivity contribution in [1.29, 1.82) is 0 Å². The summed E-state index contributed by atoms with van der Waals surface area (Å²) in [5, 5.41) is 3.80. The van der Waals surface area contributed by atoms with Crippen LogP contribution in [0.4, 0.5) is 0 Å². The first-order valence-electron chi connectivity index (χ1n) is 7.08. The van der Waals surface area contributed by atoms with E-state index in [1.165, 1.54) is 11.1 Å². The van der Waals surface area contributed by atoms with Gasteiger partial charge in [-0.05, 0) is 56.0 Å². The Morgan fingerprint density at radius 2 is 1.90 bits per heavy atom. The highest BCUT2D eigenvalue weighted by Gasteiger charge is 2.35. The summed E-state index contributed by atoms with van der Waals surface area (Å²) in [7, 11) is 5.17. The van der Waals surface area contributed by atoms with E-state index in [-0.39, 0.29) is 16.1 Å². The highest BCUT2D eigenvalue weighted by atomic mass is 33.1. The summed E-state index contributed by atoms with van der Waals surface area (Å²) in [6.07, 6.45) is 2.71. The fourth-order valence-corrected chi connectivity index (χ4v) is 5.08. The molecule has 0 aliphatic heterocycles. The van der Waals surface area contributed by atoms with Crippen LogP contribution in [0, 0.1) is 19.3 Å². The largest absolute Gasteiger partial charge is 0.359 e. The Morgan fingerprint density at radius 1 is 1.29 bits per heavy atom. The number of nitrogens with zero attached hydrogens (tertiary/aromatic N) is 1. The predicted octanol–water partition coefficient (Wildman–Crippen LogP) is 4.38. The molecule has 21 heavy (non-hydrogen) atoms. The quantitative estimate of drug-likeness (QED) is 0.788. The lowest BCUT2D eigenvalue weighted by Crippen LogP contribution is -2.38. The number of aryl methyl sites for hydroxylation is 2. The average Bonchev–Trinajstić information content (AvgIpc) is 2.35. The fraction of sp³-hybridized carbons (Fsp3) is 0.625. The number of nitrogens with one attached hydrogen (secondary N) is 1. The van der Waals surface area contributed by atoms with Crippen molar-refractivity contribution in [2.75, 3.05) is 7.05 Å². The molecule has 0 aliphatic rings. The Kier molecular flexibility index (Phi) is 6.17. The number of hydrogen-bond acceptors (Lipinski definition) is 4. The molecule has 0 unspecified atom stereocenters. The highest BCUT2D eigenvalue weighted by molar-refractivity contribution is 8.77. The molecular formula is C16H26N2OS2. The number of hydrogen-bond donors (Lipinski definition) is 1. The maximum absolute atomic E-state index is 11.9. The van der Waals surface area contributed by atoms with E-state index in [2.05, 4.69) is 44.1 Å². The van der Waals surface area contributed by atoms with Gasteiger partial charge in [-0.3, -0.25) is 4.79 Å². The standard InChI is InChI=1S/C16H26N2OS2/c1-11-8-12(2)13(18-9-11)20-21-16(5,6)10-15(3,4)14(19)17-7/h8-9H,10H2,1-7H3,(H,17,19). The lowest BCUT2D eigenvalue weighted by molar-refractivity contribution is -0.129. The van der Waals surface area contributed by atoms with Gasteiger partial charge in [0, 0.05) is 23.4 Å². The van der Waals surface area contributed by atoms with E-state index in [0.717, 1.165) is 11.4 Å². The van der Waals surface area contributed by atoms with Crippen molar-refractivity contribution in [2.45, 2.75) is 57.7 Å². The molecular weight excluding hydrogens is 300 g/mol. The van der Waals surface area contributed by atoms with Gasteiger partial charge in [-0.2, -0.15) is 0 Å². The zero-order valence-electron chi connectivity index (χ0n) is 14.0. The Morgan fingerprint density at radius 3 is 2.43 bits per heavy atom. The molecule has 0 radical (unpaired) electrons. The molecule has 0 spiro atoms. The Bertz CT molecular complexity index is 513. The van der Waals surface area contributed by atoms with Gasteiger partial charge in [-0.15, -0.1) is 0 Å². The van der Waals surface area contributed by atoms with Gasteiger partial charge < -0.3 is 5.32 Å². The summed E-state index contributed by atoms with van der Waals surface area (Å²) in [4.78, 5) is 16.4. The van der Waals surface area contributed by atoms with Gasteiger partial charge in [-0.25, -0.2) is 4.98 Å². The van der Waals surface area contributed by atoms with Crippen LogP contribution in [0.2, 0.25) is 0 Å². The number of carbonyl (C=O) groups excluding carboxylic acids is 1. The first-order chi connectivity index (χ1) is 9.57. The van der Waals surface area contributed by atoms with Crippen LogP contribution >= 0.6 is 21.6 Å². The van der Waals surface area contributed by atoms with E-state index in [4.69, 9.17) is 0 Å². The second-order valence-corrected chi connectivity index (χ2v) is 9.53. The predicted molar refractivity (Wildman–Crippen MR) is 93.7 cm³/mol. The smallest absolute Gasteiger partial charge is 0.225 e. The van der Waals surface area contributed by atoms with Gasteiger partial charge in [0.15, 0.2) is 0 Å². The fourth-order valence-electron chi connectivity index (χ4n) is 2.45. The topological polar surface area (TPSA) is 42.0 Å². The van der Waals surface area contributed by atoms with E-state index in [0.29, 0.717) is 0 Å². The number of rotatable bonds is 6. The molecule has 1 aromatic rings. The van der Waals surface area contributed by atoms with Crippen molar-refractivity contribution < 1.29 is 4.79 Å². The SMILES string of the molecule is CNC(=O)C(C)(C)CC(C)(C)SSc1ncc(C)cc1C. The molecule has 0 fully saturated rings. The molecule has 1 heterocycles. The summed E-state index contributed by atoms with van der Waals surface area (Å²) >= 11 is 0. The zero-order chi connectivity index (χ0) is 16.3. The third-order valence-corrected chi connectivity index (χ3v) is 6.56. The molecule has 1 rings (SSSR count). The summed E-state index contributed by atoms with van der Waals surface area (Å²) < 4.78 is -0.0142. The van der Waals surface area contributed by atoms with Crippen molar-refractivity contribution in [3.05, 3.63) is 23.4 Å². The van der Waals surface area contributed by atoms with E-state index in [1.54, 1.807) is 28.6 Å². The van der Waals surface area contributed by atoms with E-state index < -0.39 is 0 Å². The highest BCUT2D eigenvalue weighted by Crippen LogP contribution is 2.46. The van der Waals surface area contributed by atoms with Gasteiger partial charge in [0.2, 0.25) is 5.91 Å². The van der Waals surface area contributed by atoms with Crippen LogP contribution in [0.15, 0.2) is 17.3 Å². The summed E-state index contributed by atoms with van der Waals surface area (Å²) in [5.41, 5.74) is 2.01. The zero-order valence-corrected chi connectivity index (χ0v) is 15.7. The van der Waals surface area contributed by atoms with Crippen LogP contribution in [0.1, 0.15) is 45.2 Å². The van der Waals surface area contributed by atoms with Gasteiger partial charge in [-0.1, -0.05) is 30.7 Å². The molecule has 3 nitrogen and oxygen atoms in total. The molecule has 118 valence electrons. The maximum atomic E-state index is 11.9. The molecule has 1 aromatic heterocycles. The van der Waals surface area contributed by atoms with Gasteiger partial charge in [0.05, 0.1) is 0 Å². The van der Waals surface area contributed by atoms with Crippen molar-refractivity contribution in [1.82, 2.24) is 10.3 Å². The van der Waals surface area contributed by atoms with Crippen LogP contribution in [-0.2, 0) is 4.79 Å². The van der Waals surface area contributed by atoms with Crippen molar-refractivity contribution >= 4 is 27.5 Å². The lowest BCUT2D eigenvalue weighted by atomic mass is 9.83. The number of pyridine rings is 1. The molecule has 0 atom stereocenters. The van der Waals surface area contributed by atoms with E-state index >= 15 is 0 Å². The number of carbonyl (C=O) groups is 1. The third kappa shape index (κ3) is 5.55. The molecule has 5 heteroatoms. The van der Waals surface area contributed by atoms with Crippen molar-refractivity contribution in [3.63, 3.8) is 0 Å². The Balaban J connectivity index is 2.70. The second kappa shape index (κ2) is 7.05. The Hall–Kier alpha value is -0.680. The summed E-state index contributed by atoms with van der Waals surface area (Å²) in [6, 6.07) is 2.15. The normalized spacial score (nSPS) is 12.3.